The van der Waals surface area contributed by atoms with Crippen molar-refractivity contribution < 1.29 is 18.0 Å². The lowest BCUT2D eigenvalue weighted by Gasteiger charge is -2.05. The Labute approximate surface area is 93.2 Å². The second-order valence-corrected chi connectivity index (χ2v) is 3.37. The maximum Gasteiger partial charge on any atom is 0.435 e. The molecule has 17 heavy (non-hydrogen) atoms. The van der Waals surface area contributed by atoms with E-state index >= 15 is 0 Å². The number of amides is 1. The SMILES string of the molecule is NC(=O)c1ccc2nnc(C(F)(F)F)cc2c1. The molecule has 0 unspecified atom stereocenters. The summed E-state index contributed by atoms with van der Waals surface area (Å²) in [4.78, 5) is 10.9. The summed E-state index contributed by atoms with van der Waals surface area (Å²) in [5.41, 5.74) is 4.32. The van der Waals surface area contributed by atoms with Crippen molar-refractivity contribution in [3.05, 3.63) is 35.5 Å². The molecule has 1 heterocycles. The smallest absolute Gasteiger partial charge is 0.366 e. The van der Waals surface area contributed by atoms with Gasteiger partial charge in [0.15, 0.2) is 5.69 Å². The highest BCUT2D eigenvalue weighted by atomic mass is 19.4. The molecule has 0 saturated carbocycles. The normalized spacial score (nSPS) is 11.7. The summed E-state index contributed by atoms with van der Waals surface area (Å²) < 4.78 is 37.1. The maximum absolute atomic E-state index is 12.4. The van der Waals surface area contributed by atoms with Crippen LogP contribution in [0.2, 0.25) is 0 Å². The van der Waals surface area contributed by atoms with Crippen LogP contribution in [0.5, 0.6) is 0 Å². The van der Waals surface area contributed by atoms with Gasteiger partial charge in [-0.05, 0) is 24.3 Å². The Hall–Kier alpha value is -2.18. The predicted octanol–water partition coefficient (Wildman–Crippen LogP) is 1.75. The number of primary amides is 1. The van der Waals surface area contributed by atoms with E-state index in [1.165, 1.54) is 18.2 Å². The molecule has 1 aromatic heterocycles. The first-order valence-electron chi connectivity index (χ1n) is 4.52. The van der Waals surface area contributed by atoms with E-state index in [2.05, 4.69) is 10.2 Å². The molecule has 1 amide bonds. The van der Waals surface area contributed by atoms with Crippen LogP contribution in [0, 0.1) is 0 Å². The number of benzene rings is 1. The standard InChI is InChI=1S/C10H6F3N3O/c11-10(12,13)8-4-6-3-5(9(14)17)1-2-7(6)15-16-8/h1-4H,(H2,14,17). The highest BCUT2D eigenvalue weighted by Gasteiger charge is 2.33. The van der Waals surface area contributed by atoms with Crippen LogP contribution in [-0.2, 0) is 6.18 Å². The van der Waals surface area contributed by atoms with Crippen molar-refractivity contribution in [2.75, 3.05) is 0 Å². The second-order valence-electron chi connectivity index (χ2n) is 3.37. The summed E-state index contributed by atoms with van der Waals surface area (Å²) >= 11 is 0. The minimum Gasteiger partial charge on any atom is -0.366 e. The lowest BCUT2D eigenvalue weighted by Crippen LogP contribution is -2.11. The number of alkyl halides is 3. The van der Waals surface area contributed by atoms with Gasteiger partial charge in [-0.15, -0.1) is 10.2 Å². The Kier molecular flexibility index (Phi) is 2.45. The number of carbonyl (C=O) groups excluding carboxylic acids is 1. The third kappa shape index (κ3) is 2.17. The number of aromatic nitrogens is 2. The molecule has 0 aliphatic carbocycles. The molecule has 0 fully saturated rings. The molecule has 2 N–H and O–H groups in total. The van der Waals surface area contributed by atoms with Crippen molar-refractivity contribution in [1.29, 1.82) is 0 Å². The van der Waals surface area contributed by atoms with Crippen molar-refractivity contribution in [2.45, 2.75) is 6.18 Å². The first kappa shape index (κ1) is 11.3. The molecule has 0 radical (unpaired) electrons. The minimum atomic E-state index is -4.57. The maximum atomic E-state index is 12.4. The summed E-state index contributed by atoms with van der Waals surface area (Å²) in [6.07, 6.45) is -4.57. The van der Waals surface area contributed by atoms with E-state index in [-0.39, 0.29) is 16.5 Å². The summed E-state index contributed by atoms with van der Waals surface area (Å²) in [5.74, 6) is -0.711. The molecular weight excluding hydrogens is 235 g/mol. The first-order chi connectivity index (χ1) is 7.88. The summed E-state index contributed by atoms with van der Waals surface area (Å²) in [7, 11) is 0. The van der Waals surface area contributed by atoms with Crippen LogP contribution < -0.4 is 5.73 Å². The van der Waals surface area contributed by atoms with E-state index in [0.717, 1.165) is 6.07 Å². The molecular formula is C10H6F3N3O. The van der Waals surface area contributed by atoms with E-state index in [1.807, 2.05) is 0 Å². The second kappa shape index (κ2) is 3.69. The number of hydrogen-bond donors (Lipinski definition) is 1. The van der Waals surface area contributed by atoms with Gasteiger partial charge >= 0.3 is 6.18 Å². The zero-order valence-electron chi connectivity index (χ0n) is 8.32. The molecule has 0 saturated heterocycles. The van der Waals surface area contributed by atoms with Gasteiger partial charge in [0.2, 0.25) is 5.91 Å². The zero-order valence-corrected chi connectivity index (χ0v) is 8.32. The number of rotatable bonds is 1. The Bertz CT molecular complexity index is 595. The molecule has 1 aromatic carbocycles. The fourth-order valence-electron chi connectivity index (χ4n) is 1.34. The van der Waals surface area contributed by atoms with E-state index in [1.54, 1.807) is 0 Å². The molecule has 2 aromatic rings. The Balaban J connectivity index is 2.62. The van der Waals surface area contributed by atoms with Crippen molar-refractivity contribution in [3.63, 3.8) is 0 Å². The molecule has 0 spiro atoms. The third-order valence-corrected chi connectivity index (χ3v) is 2.16. The molecule has 0 aliphatic rings. The lowest BCUT2D eigenvalue weighted by atomic mass is 10.1. The molecule has 0 bridgehead atoms. The zero-order chi connectivity index (χ0) is 12.6. The largest absolute Gasteiger partial charge is 0.435 e. The van der Waals surface area contributed by atoms with Gasteiger partial charge in [0.05, 0.1) is 5.52 Å². The highest BCUT2D eigenvalue weighted by Crippen LogP contribution is 2.28. The Morgan fingerprint density at radius 1 is 1.18 bits per heavy atom. The molecule has 88 valence electrons. The van der Waals surface area contributed by atoms with Gasteiger partial charge in [-0.2, -0.15) is 13.2 Å². The van der Waals surface area contributed by atoms with Crippen LogP contribution in [0.4, 0.5) is 13.2 Å². The average Bonchev–Trinajstić information content (AvgIpc) is 2.26. The number of nitrogens with two attached hydrogens (primary N) is 1. The van der Waals surface area contributed by atoms with Crippen LogP contribution in [0.15, 0.2) is 24.3 Å². The summed E-state index contributed by atoms with van der Waals surface area (Å²) in [6, 6.07) is 4.85. The van der Waals surface area contributed by atoms with Crippen LogP contribution in [0.25, 0.3) is 10.9 Å². The van der Waals surface area contributed by atoms with Crippen LogP contribution in [0.1, 0.15) is 16.1 Å². The molecule has 4 nitrogen and oxygen atoms in total. The fraction of sp³-hybridized carbons (Fsp3) is 0.100. The van der Waals surface area contributed by atoms with Gasteiger partial charge in [-0.1, -0.05) is 0 Å². The molecule has 0 aliphatic heterocycles. The minimum absolute atomic E-state index is 0.124. The Morgan fingerprint density at radius 2 is 1.88 bits per heavy atom. The highest BCUT2D eigenvalue weighted by molar-refractivity contribution is 5.96. The number of halogens is 3. The number of hydrogen-bond acceptors (Lipinski definition) is 3. The van der Waals surface area contributed by atoms with E-state index in [9.17, 15) is 18.0 Å². The van der Waals surface area contributed by atoms with Crippen molar-refractivity contribution in [2.24, 2.45) is 5.73 Å². The van der Waals surface area contributed by atoms with Gasteiger partial charge in [0.1, 0.15) is 0 Å². The van der Waals surface area contributed by atoms with Gasteiger partial charge in [0.25, 0.3) is 0 Å². The van der Waals surface area contributed by atoms with Crippen molar-refractivity contribution in [3.8, 4) is 0 Å². The topological polar surface area (TPSA) is 68.9 Å². The van der Waals surface area contributed by atoms with Gasteiger partial charge in [0, 0.05) is 10.9 Å². The lowest BCUT2D eigenvalue weighted by molar-refractivity contribution is -0.141. The van der Waals surface area contributed by atoms with Crippen molar-refractivity contribution in [1.82, 2.24) is 10.2 Å². The summed E-state index contributed by atoms with van der Waals surface area (Å²) in [6.45, 7) is 0. The number of carbonyl (C=O) groups is 1. The van der Waals surface area contributed by atoms with E-state index in [0.29, 0.717) is 0 Å². The quantitative estimate of drug-likeness (QED) is 0.826. The number of fused-ring (bicyclic) bond motifs is 1. The first-order valence-corrected chi connectivity index (χ1v) is 4.52. The molecule has 7 heteroatoms. The van der Waals surface area contributed by atoms with Gasteiger partial charge in [-0.25, -0.2) is 0 Å². The predicted molar refractivity (Wildman–Crippen MR) is 53.1 cm³/mol. The van der Waals surface area contributed by atoms with Crippen LogP contribution in [0.3, 0.4) is 0 Å². The number of nitrogens with zero attached hydrogens (tertiary/aromatic N) is 2. The van der Waals surface area contributed by atoms with Crippen LogP contribution >= 0.6 is 0 Å². The average molecular weight is 241 g/mol. The van der Waals surface area contributed by atoms with Crippen LogP contribution in [-0.4, -0.2) is 16.1 Å². The Morgan fingerprint density at radius 3 is 2.47 bits per heavy atom. The van der Waals surface area contributed by atoms with Gasteiger partial charge < -0.3 is 5.73 Å². The monoisotopic (exact) mass is 241 g/mol. The van der Waals surface area contributed by atoms with Gasteiger partial charge in [-0.3, -0.25) is 4.79 Å². The van der Waals surface area contributed by atoms with E-state index < -0.39 is 17.8 Å². The fourth-order valence-corrected chi connectivity index (χ4v) is 1.34. The van der Waals surface area contributed by atoms with E-state index in [4.69, 9.17) is 5.73 Å². The van der Waals surface area contributed by atoms with Crippen molar-refractivity contribution >= 4 is 16.8 Å². The molecule has 2 rings (SSSR count). The molecule has 0 atom stereocenters. The third-order valence-electron chi connectivity index (χ3n) is 2.16. The summed E-state index contributed by atoms with van der Waals surface area (Å²) in [5, 5.41) is 6.66.